The van der Waals surface area contributed by atoms with Gasteiger partial charge < -0.3 is 10.2 Å². The predicted octanol–water partition coefficient (Wildman–Crippen LogP) is 0.776. The molecule has 1 atom stereocenters. The van der Waals surface area contributed by atoms with Crippen LogP contribution in [0.3, 0.4) is 0 Å². The van der Waals surface area contributed by atoms with Crippen molar-refractivity contribution in [3.05, 3.63) is 34.9 Å². The SMILES string of the molecule is O=C1CCC(N2Cc3c(CN4CCNCCC45CC5)cccc3C2=O)C(=O)N1. The van der Waals surface area contributed by atoms with Crippen LogP contribution >= 0.6 is 0 Å². The van der Waals surface area contributed by atoms with E-state index in [0.717, 1.165) is 31.7 Å². The maximum absolute atomic E-state index is 13.0. The topological polar surface area (TPSA) is 81.8 Å². The fourth-order valence-electron chi connectivity index (χ4n) is 5.02. The summed E-state index contributed by atoms with van der Waals surface area (Å²) in [6, 6.07) is 5.39. The normalized spacial score (nSPS) is 26.9. The Morgan fingerprint density at radius 3 is 2.75 bits per heavy atom. The lowest BCUT2D eigenvalue weighted by Gasteiger charge is -2.31. The van der Waals surface area contributed by atoms with Crippen LogP contribution in [0.25, 0.3) is 0 Å². The third-order valence-corrected chi connectivity index (χ3v) is 6.86. The Balaban J connectivity index is 1.39. The van der Waals surface area contributed by atoms with Gasteiger partial charge in [-0.25, -0.2) is 0 Å². The van der Waals surface area contributed by atoms with Gasteiger partial charge in [-0.05, 0) is 49.4 Å². The van der Waals surface area contributed by atoms with Crippen molar-refractivity contribution >= 4 is 17.7 Å². The molecule has 3 aliphatic heterocycles. The minimum Gasteiger partial charge on any atom is -0.322 e. The fraction of sp³-hybridized carbons (Fsp3) is 0.571. The second-order valence-corrected chi connectivity index (χ2v) is 8.49. The molecule has 2 N–H and O–H groups in total. The number of benzene rings is 1. The molecule has 2 saturated heterocycles. The number of nitrogens with zero attached hydrogens (tertiary/aromatic N) is 2. The number of imide groups is 1. The lowest BCUT2D eigenvalue weighted by Crippen LogP contribution is -2.52. The maximum Gasteiger partial charge on any atom is 0.255 e. The highest BCUT2D eigenvalue weighted by atomic mass is 16.2. The van der Waals surface area contributed by atoms with Crippen LogP contribution < -0.4 is 10.6 Å². The van der Waals surface area contributed by atoms with Gasteiger partial charge in [0.25, 0.3) is 5.91 Å². The van der Waals surface area contributed by atoms with E-state index in [4.69, 9.17) is 0 Å². The first-order chi connectivity index (χ1) is 13.6. The number of rotatable bonds is 3. The molecule has 5 rings (SSSR count). The van der Waals surface area contributed by atoms with Crippen LogP contribution in [0.15, 0.2) is 18.2 Å². The van der Waals surface area contributed by atoms with Gasteiger partial charge in [0, 0.05) is 43.7 Å². The summed E-state index contributed by atoms with van der Waals surface area (Å²) in [4.78, 5) is 41.0. The van der Waals surface area contributed by atoms with Crippen LogP contribution in [0.4, 0.5) is 0 Å². The Hall–Kier alpha value is -2.25. The van der Waals surface area contributed by atoms with Gasteiger partial charge in [-0.1, -0.05) is 12.1 Å². The zero-order valence-corrected chi connectivity index (χ0v) is 16.0. The smallest absolute Gasteiger partial charge is 0.255 e. The summed E-state index contributed by atoms with van der Waals surface area (Å²) in [5, 5.41) is 5.87. The van der Waals surface area contributed by atoms with Crippen molar-refractivity contribution in [3.8, 4) is 0 Å². The molecular formula is C21H26N4O3. The molecule has 0 aromatic heterocycles. The summed E-state index contributed by atoms with van der Waals surface area (Å²) in [6.07, 6.45) is 4.38. The third kappa shape index (κ3) is 2.93. The number of nitrogens with one attached hydrogen (secondary N) is 2. The largest absolute Gasteiger partial charge is 0.322 e. The molecule has 1 aromatic carbocycles. The van der Waals surface area contributed by atoms with Gasteiger partial charge in [-0.2, -0.15) is 0 Å². The number of piperidine rings is 1. The first kappa shape index (κ1) is 17.8. The highest BCUT2D eigenvalue weighted by Gasteiger charge is 2.48. The summed E-state index contributed by atoms with van der Waals surface area (Å²) < 4.78 is 0. The van der Waals surface area contributed by atoms with Crippen molar-refractivity contribution < 1.29 is 14.4 Å². The minimum atomic E-state index is -0.553. The lowest BCUT2D eigenvalue weighted by atomic mass is 10.0. The van der Waals surface area contributed by atoms with Crippen LogP contribution in [0.5, 0.6) is 0 Å². The van der Waals surface area contributed by atoms with E-state index in [0.29, 0.717) is 24.1 Å². The monoisotopic (exact) mass is 382 g/mol. The van der Waals surface area contributed by atoms with Gasteiger partial charge in [0.2, 0.25) is 11.8 Å². The van der Waals surface area contributed by atoms with E-state index in [1.54, 1.807) is 4.90 Å². The van der Waals surface area contributed by atoms with Crippen LogP contribution in [0.2, 0.25) is 0 Å². The lowest BCUT2D eigenvalue weighted by molar-refractivity contribution is -0.136. The van der Waals surface area contributed by atoms with E-state index in [1.165, 1.54) is 24.8 Å². The van der Waals surface area contributed by atoms with Crippen molar-refractivity contribution in [3.63, 3.8) is 0 Å². The number of hydrogen-bond acceptors (Lipinski definition) is 5. The zero-order valence-electron chi connectivity index (χ0n) is 16.0. The summed E-state index contributed by atoms with van der Waals surface area (Å²) in [7, 11) is 0. The minimum absolute atomic E-state index is 0.0926. The Labute approximate surface area is 164 Å². The Kier molecular flexibility index (Phi) is 4.25. The van der Waals surface area contributed by atoms with Crippen molar-refractivity contribution in [2.75, 3.05) is 19.6 Å². The molecule has 28 heavy (non-hydrogen) atoms. The number of amides is 3. The summed E-state index contributed by atoms with van der Waals surface area (Å²) >= 11 is 0. The first-order valence-electron chi connectivity index (χ1n) is 10.3. The molecule has 1 unspecified atom stereocenters. The van der Waals surface area contributed by atoms with Gasteiger partial charge in [-0.3, -0.25) is 24.6 Å². The highest BCUT2D eigenvalue weighted by molar-refractivity contribution is 6.05. The Bertz CT molecular complexity index is 848. The molecule has 1 aliphatic carbocycles. The molecule has 0 radical (unpaired) electrons. The second kappa shape index (κ2) is 6.67. The van der Waals surface area contributed by atoms with E-state index in [1.807, 2.05) is 12.1 Å². The van der Waals surface area contributed by atoms with Crippen molar-refractivity contribution in [1.29, 1.82) is 0 Å². The number of carbonyl (C=O) groups is 3. The summed E-state index contributed by atoms with van der Waals surface area (Å²) in [5.74, 6) is -0.699. The van der Waals surface area contributed by atoms with Gasteiger partial charge in [0.05, 0.1) is 0 Å². The van der Waals surface area contributed by atoms with Gasteiger partial charge >= 0.3 is 0 Å². The fourth-order valence-corrected chi connectivity index (χ4v) is 5.02. The molecule has 1 aromatic rings. The maximum atomic E-state index is 13.0. The molecule has 148 valence electrons. The van der Waals surface area contributed by atoms with E-state index < -0.39 is 6.04 Å². The van der Waals surface area contributed by atoms with Crippen LogP contribution in [0, 0.1) is 0 Å². The standard InChI is InChI=1S/C21H26N4O3/c26-18-5-4-17(19(27)23-18)25-13-16-14(2-1-3-15(16)20(25)28)12-24-11-10-22-9-8-21(24)6-7-21/h1-3,17,22H,4-13H2,(H,23,26,27). The molecule has 3 heterocycles. The van der Waals surface area contributed by atoms with Gasteiger partial charge in [0.1, 0.15) is 6.04 Å². The molecule has 7 heteroatoms. The van der Waals surface area contributed by atoms with Crippen molar-refractivity contribution in [1.82, 2.24) is 20.4 Å². The highest BCUT2D eigenvalue weighted by Crippen LogP contribution is 2.46. The van der Waals surface area contributed by atoms with Crippen LogP contribution in [0.1, 0.15) is 53.6 Å². The Morgan fingerprint density at radius 1 is 1.11 bits per heavy atom. The van der Waals surface area contributed by atoms with Gasteiger partial charge in [-0.15, -0.1) is 0 Å². The summed E-state index contributed by atoms with van der Waals surface area (Å²) in [6.45, 7) is 4.40. The van der Waals surface area contributed by atoms with Crippen molar-refractivity contribution in [2.24, 2.45) is 0 Å². The van der Waals surface area contributed by atoms with Crippen molar-refractivity contribution in [2.45, 2.75) is 56.8 Å². The average molecular weight is 382 g/mol. The van der Waals surface area contributed by atoms with E-state index >= 15 is 0 Å². The molecular weight excluding hydrogens is 356 g/mol. The average Bonchev–Trinajstić information content (AvgIpc) is 3.43. The quantitative estimate of drug-likeness (QED) is 0.755. The number of fused-ring (bicyclic) bond motifs is 1. The molecule has 1 saturated carbocycles. The predicted molar refractivity (Wildman–Crippen MR) is 102 cm³/mol. The third-order valence-electron chi connectivity index (χ3n) is 6.86. The van der Waals surface area contributed by atoms with Crippen LogP contribution in [-0.4, -0.2) is 58.7 Å². The summed E-state index contributed by atoms with van der Waals surface area (Å²) in [5.41, 5.74) is 3.28. The molecule has 0 bridgehead atoms. The number of hydrogen-bond donors (Lipinski definition) is 2. The van der Waals surface area contributed by atoms with Crippen LogP contribution in [-0.2, 0) is 22.7 Å². The molecule has 3 amide bonds. The van der Waals surface area contributed by atoms with E-state index in [-0.39, 0.29) is 24.1 Å². The van der Waals surface area contributed by atoms with E-state index in [2.05, 4.69) is 21.6 Å². The first-order valence-corrected chi connectivity index (χ1v) is 10.3. The zero-order chi connectivity index (χ0) is 19.3. The molecule has 4 aliphatic rings. The molecule has 1 spiro atoms. The van der Waals surface area contributed by atoms with E-state index in [9.17, 15) is 14.4 Å². The van der Waals surface area contributed by atoms with Gasteiger partial charge in [0.15, 0.2) is 0 Å². The number of carbonyl (C=O) groups excluding carboxylic acids is 3. The molecule has 3 fully saturated rings. The Morgan fingerprint density at radius 2 is 1.96 bits per heavy atom. The molecule has 7 nitrogen and oxygen atoms in total. The second-order valence-electron chi connectivity index (χ2n) is 8.49.